The second kappa shape index (κ2) is 8.18. The summed E-state index contributed by atoms with van der Waals surface area (Å²) in [4.78, 5) is 21.5. The van der Waals surface area contributed by atoms with Gasteiger partial charge in [-0.05, 0) is 36.8 Å². The van der Waals surface area contributed by atoms with E-state index in [9.17, 15) is 13.2 Å². The number of fused-ring (bicyclic) bond motifs is 1. The van der Waals surface area contributed by atoms with Crippen LogP contribution < -0.4 is 4.90 Å². The van der Waals surface area contributed by atoms with Crippen molar-refractivity contribution >= 4 is 32.4 Å². The molecule has 1 amide bonds. The van der Waals surface area contributed by atoms with Crippen molar-refractivity contribution in [3.8, 4) is 0 Å². The van der Waals surface area contributed by atoms with Crippen molar-refractivity contribution in [1.29, 1.82) is 0 Å². The molecule has 2 aromatic carbocycles. The zero-order chi connectivity index (χ0) is 22.3. The van der Waals surface area contributed by atoms with Crippen LogP contribution in [0.25, 0.3) is 10.8 Å². The van der Waals surface area contributed by atoms with Crippen LogP contribution in [0.2, 0.25) is 0 Å². The fourth-order valence-electron chi connectivity index (χ4n) is 4.52. The summed E-state index contributed by atoms with van der Waals surface area (Å²) in [5, 5.41) is 1.44. The summed E-state index contributed by atoms with van der Waals surface area (Å²) in [6.07, 6.45) is 3.26. The number of carbonyl (C=O) groups is 1. The Hall–Kier alpha value is -2.97. The van der Waals surface area contributed by atoms with Crippen LogP contribution in [0.5, 0.6) is 0 Å². The molecule has 2 aliphatic heterocycles. The minimum atomic E-state index is -3.65. The summed E-state index contributed by atoms with van der Waals surface area (Å²) in [6.45, 7) is 5.44. The van der Waals surface area contributed by atoms with Gasteiger partial charge in [0.05, 0.1) is 10.8 Å². The maximum Gasteiger partial charge on any atom is 0.243 e. The Morgan fingerprint density at radius 3 is 2.50 bits per heavy atom. The van der Waals surface area contributed by atoms with E-state index >= 15 is 0 Å². The molecule has 0 atom stereocenters. The first kappa shape index (κ1) is 20.9. The Bertz CT molecular complexity index is 1260. The van der Waals surface area contributed by atoms with Gasteiger partial charge >= 0.3 is 0 Å². The van der Waals surface area contributed by atoms with E-state index < -0.39 is 10.0 Å². The van der Waals surface area contributed by atoms with Crippen LogP contribution in [0.1, 0.15) is 5.56 Å². The minimum Gasteiger partial charge on any atom is -0.368 e. The van der Waals surface area contributed by atoms with Crippen LogP contribution in [-0.2, 0) is 14.8 Å². The molecule has 2 fully saturated rings. The second-order valence-electron chi connectivity index (χ2n) is 8.52. The molecular formula is C24H26N4O3S. The average Bonchev–Trinajstić information content (AvgIpc) is 2.77. The van der Waals surface area contributed by atoms with E-state index in [-0.39, 0.29) is 29.8 Å². The molecule has 8 heteroatoms. The molecule has 166 valence electrons. The highest BCUT2D eigenvalue weighted by molar-refractivity contribution is 7.89. The summed E-state index contributed by atoms with van der Waals surface area (Å²) in [5.74, 6) is -0.214. The Kier molecular flexibility index (Phi) is 5.35. The van der Waals surface area contributed by atoms with Gasteiger partial charge in [-0.2, -0.15) is 4.31 Å². The first-order valence-corrected chi connectivity index (χ1v) is 12.3. The highest BCUT2D eigenvalue weighted by Gasteiger charge is 2.42. The van der Waals surface area contributed by atoms with Gasteiger partial charge in [-0.1, -0.05) is 24.3 Å². The first-order valence-electron chi connectivity index (χ1n) is 10.9. The van der Waals surface area contributed by atoms with Gasteiger partial charge in [0.25, 0.3) is 0 Å². The fraction of sp³-hybridized carbons (Fsp3) is 0.333. The van der Waals surface area contributed by atoms with Crippen molar-refractivity contribution in [3.05, 3.63) is 66.5 Å². The quantitative estimate of drug-likeness (QED) is 0.611. The van der Waals surface area contributed by atoms with E-state index in [2.05, 4.69) is 41.1 Å². The number of amides is 1. The maximum absolute atomic E-state index is 13.2. The number of rotatable bonds is 4. The number of anilines is 1. The van der Waals surface area contributed by atoms with Crippen LogP contribution in [0.3, 0.4) is 0 Å². The van der Waals surface area contributed by atoms with Crippen molar-refractivity contribution < 1.29 is 13.2 Å². The number of benzene rings is 2. The number of piperazine rings is 1. The van der Waals surface area contributed by atoms with E-state index in [1.165, 1.54) is 15.6 Å². The highest BCUT2D eigenvalue weighted by Crippen LogP contribution is 2.31. The molecule has 3 aromatic rings. The molecule has 7 nitrogen and oxygen atoms in total. The summed E-state index contributed by atoms with van der Waals surface area (Å²) in [5.41, 5.74) is 2.41. The zero-order valence-electron chi connectivity index (χ0n) is 18.0. The first-order chi connectivity index (χ1) is 15.4. The van der Waals surface area contributed by atoms with Gasteiger partial charge in [0.1, 0.15) is 0 Å². The second-order valence-corrected chi connectivity index (χ2v) is 10.4. The molecule has 32 heavy (non-hydrogen) atoms. The number of carbonyl (C=O) groups excluding carboxylic acids is 1. The van der Waals surface area contributed by atoms with Gasteiger partial charge in [-0.25, -0.2) is 8.42 Å². The average molecular weight is 451 g/mol. The minimum absolute atomic E-state index is 0.0578. The number of nitrogens with zero attached hydrogens (tertiary/aromatic N) is 4. The monoisotopic (exact) mass is 450 g/mol. The van der Waals surface area contributed by atoms with Gasteiger partial charge in [0.15, 0.2) is 0 Å². The fourth-order valence-corrected chi connectivity index (χ4v) is 6.26. The van der Waals surface area contributed by atoms with E-state index in [0.29, 0.717) is 18.5 Å². The Labute approximate surface area is 188 Å². The number of hydrogen-bond donors (Lipinski definition) is 0. The lowest BCUT2D eigenvalue weighted by molar-refractivity contribution is -0.139. The highest BCUT2D eigenvalue weighted by atomic mass is 32.2. The zero-order valence-corrected chi connectivity index (χ0v) is 18.8. The van der Waals surface area contributed by atoms with Crippen LogP contribution in [0, 0.1) is 12.8 Å². The van der Waals surface area contributed by atoms with Crippen LogP contribution in [-0.4, -0.2) is 67.8 Å². The van der Waals surface area contributed by atoms with Crippen molar-refractivity contribution in [3.63, 3.8) is 0 Å². The topological polar surface area (TPSA) is 73.8 Å². The lowest BCUT2D eigenvalue weighted by Gasteiger charge is -2.42. The molecule has 0 N–H and O–H groups in total. The van der Waals surface area contributed by atoms with Gasteiger partial charge in [-0.15, -0.1) is 0 Å². The number of sulfonamides is 1. The SMILES string of the molecule is Cc1cccc(N2CCN(C(=O)C3CN(S(=O)(=O)c4cccc5cnccc45)C3)CC2)c1. The van der Waals surface area contributed by atoms with Crippen LogP contribution >= 0.6 is 0 Å². The summed E-state index contributed by atoms with van der Waals surface area (Å²) in [6, 6.07) is 15.3. The van der Waals surface area contributed by atoms with Crippen molar-refractivity contribution in [2.24, 2.45) is 5.92 Å². The summed E-state index contributed by atoms with van der Waals surface area (Å²) >= 11 is 0. The Morgan fingerprint density at radius 1 is 1.00 bits per heavy atom. The van der Waals surface area contributed by atoms with E-state index in [1.54, 1.807) is 30.6 Å². The van der Waals surface area contributed by atoms with Gasteiger partial charge < -0.3 is 9.80 Å². The molecule has 2 aliphatic rings. The molecule has 1 aromatic heterocycles. The third-order valence-electron chi connectivity index (χ3n) is 6.41. The Balaban J connectivity index is 1.21. The molecule has 2 saturated heterocycles. The summed E-state index contributed by atoms with van der Waals surface area (Å²) in [7, 11) is -3.65. The molecule has 5 rings (SSSR count). The molecule has 0 saturated carbocycles. The molecule has 0 aliphatic carbocycles. The van der Waals surface area contributed by atoms with Crippen LogP contribution in [0.4, 0.5) is 5.69 Å². The third-order valence-corrected chi connectivity index (χ3v) is 8.30. The predicted octanol–water partition coefficient (Wildman–Crippen LogP) is 2.51. The molecule has 3 heterocycles. The lowest BCUT2D eigenvalue weighted by atomic mass is 10.0. The Morgan fingerprint density at radius 2 is 1.75 bits per heavy atom. The molecule has 0 radical (unpaired) electrons. The van der Waals surface area contributed by atoms with E-state index in [4.69, 9.17) is 0 Å². The standard InChI is InChI=1S/C24H26N4O3S/c1-18-4-2-6-21(14-18)26-10-12-27(13-11-26)24(29)20-16-28(17-20)32(30,31)23-7-3-5-19-15-25-9-8-22(19)23/h2-9,14-15,20H,10-13,16-17H2,1H3. The van der Waals surface area contributed by atoms with Crippen molar-refractivity contribution in [2.75, 3.05) is 44.2 Å². The molecular weight excluding hydrogens is 424 g/mol. The lowest BCUT2D eigenvalue weighted by Crippen LogP contribution is -2.59. The molecule has 0 unspecified atom stereocenters. The summed E-state index contributed by atoms with van der Waals surface area (Å²) < 4.78 is 27.8. The normalized spacial score (nSPS) is 18.0. The van der Waals surface area contributed by atoms with Gasteiger partial charge in [0.2, 0.25) is 15.9 Å². The molecule has 0 bridgehead atoms. The maximum atomic E-state index is 13.2. The predicted molar refractivity (Wildman–Crippen MR) is 124 cm³/mol. The third kappa shape index (κ3) is 3.73. The largest absolute Gasteiger partial charge is 0.368 e. The van der Waals surface area contributed by atoms with Crippen molar-refractivity contribution in [2.45, 2.75) is 11.8 Å². The number of aromatic nitrogens is 1. The smallest absolute Gasteiger partial charge is 0.243 e. The van der Waals surface area contributed by atoms with Crippen LogP contribution in [0.15, 0.2) is 65.8 Å². The van der Waals surface area contributed by atoms with Gasteiger partial charge in [0, 0.05) is 68.1 Å². The number of pyridine rings is 1. The molecule has 0 spiro atoms. The number of hydrogen-bond acceptors (Lipinski definition) is 5. The van der Waals surface area contributed by atoms with E-state index in [1.807, 2.05) is 11.0 Å². The van der Waals surface area contributed by atoms with Gasteiger partial charge in [-0.3, -0.25) is 9.78 Å². The van der Waals surface area contributed by atoms with Crippen molar-refractivity contribution in [1.82, 2.24) is 14.2 Å². The number of aryl methyl sites for hydroxylation is 1. The van der Waals surface area contributed by atoms with E-state index in [0.717, 1.165) is 18.5 Å².